The highest BCUT2D eigenvalue weighted by atomic mass is 32.1. The number of aliphatic hydroxyl groups excluding tert-OH is 2. The van der Waals surface area contributed by atoms with Crippen LogP contribution < -0.4 is 10.6 Å². The van der Waals surface area contributed by atoms with Crippen LogP contribution in [0.15, 0.2) is 41.8 Å². The van der Waals surface area contributed by atoms with E-state index in [0.29, 0.717) is 6.54 Å². The molecule has 0 saturated heterocycles. The Morgan fingerprint density at radius 3 is 2.55 bits per heavy atom. The topological polar surface area (TPSA) is 64.5 Å². The van der Waals surface area contributed by atoms with E-state index in [0.717, 1.165) is 11.4 Å². The van der Waals surface area contributed by atoms with E-state index in [-0.39, 0.29) is 12.6 Å². The molecule has 2 aromatic rings. The standard InChI is InChI=1S/C15H20N2O2S/c1-11(15-7-4-8-20-15)17-14-6-3-2-5-13(14)16-9-12(19)10-18/h2-8,11-12,16-19H,9-10H2,1H3. The van der Waals surface area contributed by atoms with Gasteiger partial charge >= 0.3 is 0 Å². The molecule has 1 aromatic heterocycles. The minimum Gasteiger partial charge on any atom is -0.394 e. The smallest absolute Gasteiger partial charge is 0.0942 e. The number of rotatable bonds is 7. The number of thiophene rings is 1. The molecule has 0 amide bonds. The number of aliphatic hydroxyl groups is 2. The first-order valence-corrected chi connectivity index (χ1v) is 7.50. The Hall–Kier alpha value is -1.56. The second-order valence-electron chi connectivity index (χ2n) is 4.64. The minimum absolute atomic E-state index is 0.223. The summed E-state index contributed by atoms with van der Waals surface area (Å²) in [5.41, 5.74) is 1.90. The maximum absolute atomic E-state index is 9.41. The molecule has 2 atom stereocenters. The van der Waals surface area contributed by atoms with Crippen LogP contribution in [-0.2, 0) is 0 Å². The molecular weight excluding hydrogens is 272 g/mol. The zero-order valence-electron chi connectivity index (χ0n) is 11.4. The third-order valence-electron chi connectivity index (χ3n) is 3.01. The van der Waals surface area contributed by atoms with Gasteiger partial charge in [0.1, 0.15) is 0 Å². The zero-order valence-corrected chi connectivity index (χ0v) is 12.2. The van der Waals surface area contributed by atoms with Crippen LogP contribution in [0.4, 0.5) is 11.4 Å². The summed E-state index contributed by atoms with van der Waals surface area (Å²) in [6.45, 7) is 2.20. The highest BCUT2D eigenvalue weighted by molar-refractivity contribution is 7.10. The number of hydrogen-bond acceptors (Lipinski definition) is 5. The highest BCUT2D eigenvalue weighted by Crippen LogP contribution is 2.27. The summed E-state index contributed by atoms with van der Waals surface area (Å²) >= 11 is 1.72. The summed E-state index contributed by atoms with van der Waals surface area (Å²) in [5.74, 6) is 0. The molecule has 2 unspecified atom stereocenters. The molecule has 20 heavy (non-hydrogen) atoms. The van der Waals surface area contributed by atoms with Crippen molar-refractivity contribution in [3.63, 3.8) is 0 Å². The van der Waals surface area contributed by atoms with E-state index in [2.05, 4.69) is 29.0 Å². The SMILES string of the molecule is CC(Nc1ccccc1NCC(O)CO)c1cccs1. The van der Waals surface area contributed by atoms with Crippen LogP contribution in [0.25, 0.3) is 0 Å². The van der Waals surface area contributed by atoms with Crippen LogP contribution in [0.5, 0.6) is 0 Å². The van der Waals surface area contributed by atoms with Crippen LogP contribution in [-0.4, -0.2) is 29.5 Å². The summed E-state index contributed by atoms with van der Waals surface area (Å²) in [6.07, 6.45) is -0.752. The Morgan fingerprint density at radius 2 is 1.90 bits per heavy atom. The lowest BCUT2D eigenvalue weighted by atomic mass is 10.2. The second kappa shape index (κ2) is 7.28. The first kappa shape index (κ1) is 14.8. The van der Waals surface area contributed by atoms with Crippen LogP contribution in [0.1, 0.15) is 17.8 Å². The predicted molar refractivity (Wildman–Crippen MR) is 84.4 cm³/mol. The van der Waals surface area contributed by atoms with Crippen LogP contribution >= 0.6 is 11.3 Å². The van der Waals surface area contributed by atoms with E-state index in [9.17, 15) is 5.11 Å². The number of hydrogen-bond donors (Lipinski definition) is 4. The van der Waals surface area contributed by atoms with Gasteiger partial charge < -0.3 is 20.8 Å². The van der Waals surface area contributed by atoms with E-state index < -0.39 is 6.10 Å². The van der Waals surface area contributed by atoms with Crippen molar-refractivity contribution >= 4 is 22.7 Å². The monoisotopic (exact) mass is 292 g/mol. The molecule has 108 valence electrons. The second-order valence-corrected chi connectivity index (χ2v) is 5.62. The van der Waals surface area contributed by atoms with Gasteiger partial charge in [-0.2, -0.15) is 0 Å². The maximum Gasteiger partial charge on any atom is 0.0942 e. The molecule has 1 heterocycles. The van der Waals surface area contributed by atoms with Gasteiger partial charge in [0.05, 0.1) is 30.1 Å². The van der Waals surface area contributed by atoms with Crippen LogP contribution in [0.2, 0.25) is 0 Å². The van der Waals surface area contributed by atoms with Gasteiger partial charge in [-0.15, -0.1) is 11.3 Å². The lowest BCUT2D eigenvalue weighted by molar-refractivity contribution is 0.105. The van der Waals surface area contributed by atoms with Crippen molar-refractivity contribution in [2.75, 3.05) is 23.8 Å². The Morgan fingerprint density at radius 1 is 1.15 bits per heavy atom. The summed E-state index contributed by atoms with van der Waals surface area (Å²) in [4.78, 5) is 1.27. The summed E-state index contributed by atoms with van der Waals surface area (Å²) in [5, 5.41) is 26.9. The van der Waals surface area contributed by atoms with Crippen LogP contribution in [0, 0.1) is 0 Å². The van der Waals surface area contributed by atoms with Gasteiger partial charge in [0.2, 0.25) is 0 Å². The molecule has 5 heteroatoms. The average Bonchev–Trinajstić information content (AvgIpc) is 3.00. The van der Waals surface area contributed by atoms with E-state index in [1.165, 1.54) is 4.88 Å². The van der Waals surface area contributed by atoms with Crippen molar-refractivity contribution < 1.29 is 10.2 Å². The first-order chi connectivity index (χ1) is 9.70. The molecule has 4 nitrogen and oxygen atoms in total. The third kappa shape index (κ3) is 3.96. The van der Waals surface area contributed by atoms with E-state index in [4.69, 9.17) is 5.11 Å². The molecule has 0 aliphatic rings. The summed E-state index contributed by atoms with van der Waals surface area (Å²) in [7, 11) is 0. The molecule has 0 bridgehead atoms. The van der Waals surface area contributed by atoms with Gasteiger partial charge in [0.25, 0.3) is 0 Å². The van der Waals surface area contributed by atoms with Crippen molar-refractivity contribution in [2.45, 2.75) is 19.1 Å². The molecule has 0 aliphatic carbocycles. The van der Waals surface area contributed by atoms with Crippen molar-refractivity contribution in [3.8, 4) is 0 Å². The van der Waals surface area contributed by atoms with Crippen LogP contribution in [0.3, 0.4) is 0 Å². The third-order valence-corrected chi connectivity index (χ3v) is 4.06. The van der Waals surface area contributed by atoms with Crippen molar-refractivity contribution in [1.82, 2.24) is 0 Å². The quantitative estimate of drug-likeness (QED) is 0.633. The molecule has 0 spiro atoms. The molecule has 1 aromatic carbocycles. The normalized spacial score (nSPS) is 13.8. The molecule has 0 radical (unpaired) electrons. The van der Waals surface area contributed by atoms with E-state index in [1.807, 2.05) is 30.3 Å². The molecule has 0 fully saturated rings. The van der Waals surface area contributed by atoms with E-state index >= 15 is 0 Å². The first-order valence-electron chi connectivity index (χ1n) is 6.62. The lowest BCUT2D eigenvalue weighted by Gasteiger charge is -2.19. The largest absolute Gasteiger partial charge is 0.394 e. The highest BCUT2D eigenvalue weighted by Gasteiger charge is 2.09. The van der Waals surface area contributed by atoms with Crippen molar-refractivity contribution in [2.24, 2.45) is 0 Å². The number of para-hydroxylation sites is 2. The molecule has 4 N–H and O–H groups in total. The van der Waals surface area contributed by atoms with Crippen molar-refractivity contribution in [1.29, 1.82) is 0 Å². The summed E-state index contributed by atoms with van der Waals surface area (Å²) in [6, 6.07) is 12.2. The molecule has 0 saturated carbocycles. The molecular formula is C15H20N2O2S. The van der Waals surface area contributed by atoms with E-state index in [1.54, 1.807) is 11.3 Å². The maximum atomic E-state index is 9.41. The Bertz CT molecular complexity index is 516. The average molecular weight is 292 g/mol. The Kier molecular flexibility index (Phi) is 5.40. The fraction of sp³-hybridized carbons (Fsp3) is 0.333. The minimum atomic E-state index is -0.752. The summed E-state index contributed by atoms with van der Waals surface area (Å²) < 4.78 is 0. The molecule has 2 rings (SSSR count). The number of nitrogens with one attached hydrogen (secondary N) is 2. The van der Waals surface area contributed by atoms with Crippen molar-refractivity contribution in [3.05, 3.63) is 46.7 Å². The molecule has 0 aliphatic heterocycles. The van der Waals surface area contributed by atoms with Gasteiger partial charge in [0, 0.05) is 11.4 Å². The Labute approximate surface area is 123 Å². The fourth-order valence-corrected chi connectivity index (χ4v) is 2.63. The van der Waals surface area contributed by atoms with Gasteiger partial charge in [0.15, 0.2) is 0 Å². The Balaban J connectivity index is 2.04. The fourth-order valence-electron chi connectivity index (χ4n) is 1.90. The van der Waals surface area contributed by atoms with Gasteiger partial charge in [-0.05, 0) is 30.5 Å². The lowest BCUT2D eigenvalue weighted by Crippen LogP contribution is -2.23. The van der Waals surface area contributed by atoms with Gasteiger partial charge in [-0.1, -0.05) is 18.2 Å². The zero-order chi connectivity index (χ0) is 14.4. The predicted octanol–water partition coefficient (Wildman–Crippen LogP) is 2.69. The number of anilines is 2. The number of benzene rings is 1. The van der Waals surface area contributed by atoms with Gasteiger partial charge in [-0.25, -0.2) is 0 Å². The van der Waals surface area contributed by atoms with Gasteiger partial charge in [-0.3, -0.25) is 0 Å².